The summed E-state index contributed by atoms with van der Waals surface area (Å²) >= 11 is 7.26. The number of ketones is 1. The van der Waals surface area contributed by atoms with Gasteiger partial charge < -0.3 is 10.5 Å². The van der Waals surface area contributed by atoms with Crippen LogP contribution in [0, 0.1) is 0 Å². The highest BCUT2D eigenvalue weighted by atomic mass is 35.5. The van der Waals surface area contributed by atoms with E-state index in [9.17, 15) is 18.0 Å². The third kappa shape index (κ3) is 5.38. The molecular weight excluding hydrogens is 471 g/mol. The third-order valence-electron chi connectivity index (χ3n) is 4.94. The van der Waals surface area contributed by atoms with Crippen molar-refractivity contribution in [3.05, 3.63) is 106 Å². The monoisotopic (exact) mass is 487 g/mol. The van der Waals surface area contributed by atoms with E-state index in [-0.39, 0.29) is 11.5 Å². The van der Waals surface area contributed by atoms with Crippen LogP contribution in [0.25, 0.3) is 10.4 Å². The van der Waals surface area contributed by atoms with Crippen molar-refractivity contribution >= 4 is 33.7 Å². The first-order chi connectivity index (χ1) is 15.7. The Morgan fingerprint density at radius 1 is 0.939 bits per heavy atom. The molecule has 4 rings (SSSR count). The van der Waals surface area contributed by atoms with E-state index in [0.29, 0.717) is 38.7 Å². The van der Waals surface area contributed by atoms with Crippen molar-refractivity contribution in [3.63, 3.8) is 0 Å². The Balaban J connectivity index is 1.76. The van der Waals surface area contributed by atoms with Gasteiger partial charge >= 0.3 is 6.36 Å². The van der Waals surface area contributed by atoms with E-state index in [0.717, 1.165) is 10.4 Å². The molecule has 0 radical (unpaired) electrons. The summed E-state index contributed by atoms with van der Waals surface area (Å²) in [5.41, 5.74) is 9.48. The number of nitrogens with two attached hydrogens (primary N) is 1. The van der Waals surface area contributed by atoms with E-state index in [1.54, 1.807) is 36.4 Å². The highest BCUT2D eigenvalue weighted by Crippen LogP contribution is 2.41. The molecule has 0 amide bonds. The Bertz CT molecular complexity index is 1270. The highest BCUT2D eigenvalue weighted by molar-refractivity contribution is 7.20. The molecule has 2 N–H and O–H groups in total. The molecular formula is C25H17ClF3NO2S. The maximum Gasteiger partial charge on any atom is 0.573 e. The first kappa shape index (κ1) is 22.9. The minimum atomic E-state index is -4.76. The second-order valence-electron chi connectivity index (χ2n) is 7.22. The molecule has 4 aromatic rings. The Hall–Kier alpha value is -3.29. The number of halogens is 4. The molecule has 0 saturated heterocycles. The molecule has 33 heavy (non-hydrogen) atoms. The number of carbonyl (C=O) groups excluding carboxylic acids is 1. The molecule has 3 nitrogen and oxygen atoms in total. The van der Waals surface area contributed by atoms with Gasteiger partial charge in [-0.3, -0.25) is 4.79 Å². The van der Waals surface area contributed by atoms with Crippen LogP contribution in [-0.2, 0) is 6.42 Å². The third-order valence-corrected chi connectivity index (χ3v) is 6.30. The molecule has 0 unspecified atom stereocenters. The van der Waals surface area contributed by atoms with E-state index in [2.05, 4.69) is 4.74 Å². The standard InChI is InChI=1S/C25H17ClF3NO2S/c26-18-10-8-16(9-11-18)22(31)21-20(23(33-24(21)30)17-4-2-1-3-5-17)14-15-6-12-19(13-7-15)32-25(27,28)29/h1-13H,14,30H2. The first-order valence-electron chi connectivity index (χ1n) is 9.83. The Morgan fingerprint density at radius 2 is 1.58 bits per heavy atom. The van der Waals surface area contributed by atoms with Crippen LogP contribution in [0.4, 0.5) is 18.2 Å². The summed E-state index contributed by atoms with van der Waals surface area (Å²) in [4.78, 5) is 14.2. The molecule has 0 aliphatic rings. The number of hydrogen-bond acceptors (Lipinski definition) is 4. The van der Waals surface area contributed by atoms with Crippen molar-refractivity contribution in [1.29, 1.82) is 0 Å². The topological polar surface area (TPSA) is 52.3 Å². The van der Waals surface area contributed by atoms with Gasteiger partial charge in [0.1, 0.15) is 5.75 Å². The molecule has 0 aliphatic carbocycles. The number of nitrogen functional groups attached to an aromatic ring is 1. The lowest BCUT2D eigenvalue weighted by Crippen LogP contribution is -2.17. The molecule has 0 spiro atoms. The van der Waals surface area contributed by atoms with Crippen LogP contribution in [0.1, 0.15) is 27.0 Å². The lowest BCUT2D eigenvalue weighted by atomic mass is 9.94. The predicted molar refractivity (Wildman–Crippen MR) is 125 cm³/mol. The minimum Gasteiger partial charge on any atom is -0.406 e. The zero-order chi connectivity index (χ0) is 23.6. The number of rotatable bonds is 6. The van der Waals surface area contributed by atoms with E-state index in [1.807, 2.05) is 30.3 Å². The van der Waals surface area contributed by atoms with Crippen LogP contribution in [0.15, 0.2) is 78.9 Å². The summed E-state index contributed by atoms with van der Waals surface area (Å²) in [6.45, 7) is 0. The zero-order valence-electron chi connectivity index (χ0n) is 17.0. The minimum absolute atomic E-state index is 0.241. The summed E-state index contributed by atoms with van der Waals surface area (Å²) in [7, 11) is 0. The second kappa shape index (κ2) is 9.29. The fourth-order valence-electron chi connectivity index (χ4n) is 3.48. The van der Waals surface area contributed by atoms with E-state index in [1.165, 1.54) is 23.5 Å². The zero-order valence-corrected chi connectivity index (χ0v) is 18.6. The van der Waals surface area contributed by atoms with Gasteiger partial charge in [-0.1, -0.05) is 54.1 Å². The lowest BCUT2D eigenvalue weighted by molar-refractivity contribution is -0.274. The Kier molecular flexibility index (Phi) is 6.44. The van der Waals surface area contributed by atoms with Gasteiger partial charge in [0, 0.05) is 15.5 Å². The number of benzene rings is 3. The fourth-order valence-corrected chi connectivity index (χ4v) is 4.70. The average Bonchev–Trinajstić information content (AvgIpc) is 3.10. The van der Waals surface area contributed by atoms with Gasteiger partial charge in [0.25, 0.3) is 0 Å². The van der Waals surface area contributed by atoms with Crippen molar-refractivity contribution in [2.45, 2.75) is 12.8 Å². The number of alkyl halides is 3. The van der Waals surface area contributed by atoms with E-state index in [4.69, 9.17) is 17.3 Å². The molecule has 168 valence electrons. The summed E-state index contributed by atoms with van der Waals surface area (Å²) in [6.07, 6.45) is -4.46. The van der Waals surface area contributed by atoms with E-state index >= 15 is 0 Å². The van der Waals surface area contributed by atoms with Gasteiger partial charge in [-0.15, -0.1) is 24.5 Å². The Morgan fingerprint density at radius 3 is 2.18 bits per heavy atom. The highest BCUT2D eigenvalue weighted by Gasteiger charge is 2.31. The number of ether oxygens (including phenoxy) is 1. The largest absolute Gasteiger partial charge is 0.573 e. The van der Waals surface area contributed by atoms with Crippen LogP contribution < -0.4 is 10.5 Å². The summed E-state index contributed by atoms with van der Waals surface area (Å²) in [5, 5.41) is 0.886. The van der Waals surface area contributed by atoms with Crippen LogP contribution >= 0.6 is 22.9 Å². The van der Waals surface area contributed by atoms with Crippen LogP contribution in [0.5, 0.6) is 5.75 Å². The smallest absolute Gasteiger partial charge is 0.406 e. The maximum absolute atomic E-state index is 13.4. The maximum atomic E-state index is 13.4. The SMILES string of the molecule is Nc1sc(-c2ccccc2)c(Cc2ccc(OC(F)(F)F)cc2)c1C(=O)c1ccc(Cl)cc1. The van der Waals surface area contributed by atoms with E-state index < -0.39 is 6.36 Å². The van der Waals surface area contributed by atoms with Crippen molar-refractivity contribution in [3.8, 4) is 16.2 Å². The molecule has 8 heteroatoms. The van der Waals surface area contributed by atoms with Gasteiger partial charge in [-0.05, 0) is 59.5 Å². The van der Waals surface area contributed by atoms with Crippen LogP contribution in [0.2, 0.25) is 5.02 Å². The lowest BCUT2D eigenvalue weighted by Gasteiger charge is -2.11. The predicted octanol–water partition coefficient (Wildman–Crippen LogP) is 7.37. The molecule has 0 saturated carbocycles. The number of hydrogen-bond donors (Lipinski definition) is 1. The molecule has 0 aliphatic heterocycles. The summed E-state index contributed by atoms with van der Waals surface area (Å²) in [6, 6.07) is 21.6. The number of anilines is 1. The second-order valence-corrected chi connectivity index (χ2v) is 8.71. The molecule has 1 aromatic heterocycles. The van der Waals surface area contributed by atoms with Crippen LogP contribution in [-0.4, -0.2) is 12.1 Å². The van der Waals surface area contributed by atoms with Crippen molar-refractivity contribution in [1.82, 2.24) is 0 Å². The molecule has 0 fully saturated rings. The van der Waals surface area contributed by atoms with Gasteiger partial charge in [0.2, 0.25) is 0 Å². The fraction of sp³-hybridized carbons (Fsp3) is 0.0800. The molecule has 1 heterocycles. The average molecular weight is 488 g/mol. The molecule has 0 bridgehead atoms. The summed E-state index contributed by atoms with van der Waals surface area (Å²) < 4.78 is 41.4. The quantitative estimate of drug-likeness (QED) is 0.289. The van der Waals surface area contributed by atoms with Gasteiger partial charge in [0.05, 0.1) is 10.6 Å². The summed E-state index contributed by atoms with van der Waals surface area (Å²) in [5.74, 6) is -0.550. The molecule has 3 aromatic carbocycles. The van der Waals surface area contributed by atoms with Crippen molar-refractivity contribution in [2.24, 2.45) is 0 Å². The van der Waals surface area contributed by atoms with Gasteiger partial charge in [0.15, 0.2) is 5.78 Å². The first-order valence-corrected chi connectivity index (χ1v) is 11.0. The number of carbonyl (C=O) groups is 1. The van der Waals surface area contributed by atoms with Gasteiger partial charge in [-0.2, -0.15) is 0 Å². The van der Waals surface area contributed by atoms with Crippen molar-refractivity contribution in [2.75, 3.05) is 5.73 Å². The molecule has 0 atom stereocenters. The normalized spacial score (nSPS) is 11.4. The number of thiophene rings is 1. The van der Waals surface area contributed by atoms with Gasteiger partial charge in [-0.25, -0.2) is 0 Å². The Labute approximate surface area is 197 Å². The van der Waals surface area contributed by atoms with Crippen LogP contribution in [0.3, 0.4) is 0 Å². The van der Waals surface area contributed by atoms with Crippen molar-refractivity contribution < 1.29 is 22.7 Å².